The number of sulfone groups is 1. The summed E-state index contributed by atoms with van der Waals surface area (Å²) in [5, 5.41) is 3.04. The molecule has 0 saturated carbocycles. The van der Waals surface area contributed by atoms with Crippen molar-refractivity contribution in [3.8, 4) is 5.75 Å². The van der Waals surface area contributed by atoms with Gasteiger partial charge in [0.1, 0.15) is 5.75 Å². The maximum atomic E-state index is 11.6. The summed E-state index contributed by atoms with van der Waals surface area (Å²) in [6.45, 7) is 2.36. The van der Waals surface area contributed by atoms with E-state index in [0.717, 1.165) is 11.1 Å². The van der Waals surface area contributed by atoms with Crippen molar-refractivity contribution in [2.45, 2.75) is 19.2 Å². The largest absolute Gasteiger partial charge is 0.496 e. The van der Waals surface area contributed by atoms with Crippen LogP contribution in [-0.2, 0) is 22.1 Å². The average Bonchev–Trinajstić information content (AvgIpc) is 2.29. The molecular formula is C12H19NO3S. The highest BCUT2D eigenvalue weighted by atomic mass is 32.2. The maximum Gasteiger partial charge on any atom is 0.154 e. The van der Waals surface area contributed by atoms with Gasteiger partial charge in [-0.15, -0.1) is 0 Å². The second-order valence-corrected chi connectivity index (χ2v) is 6.21. The maximum absolute atomic E-state index is 11.6. The first-order chi connectivity index (χ1) is 8.02. The van der Waals surface area contributed by atoms with E-state index in [1.165, 1.54) is 0 Å². The first-order valence-corrected chi connectivity index (χ1v) is 7.35. The molecule has 1 aromatic rings. The molecule has 0 spiro atoms. The van der Waals surface area contributed by atoms with E-state index < -0.39 is 9.84 Å². The zero-order chi connectivity index (χ0) is 12.9. The van der Waals surface area contributed by atoms with Gasteiger partial charge in [0.2, 0.25) is 0 Å². The highest BCUT2D eigenvalue weighted by Gasteiger charge is 2.13. The molecule has 0 amide bonds. The number of benzene rings is 1. The number of hydrogen-bond acceptors (Lipinski definition) is 4. The second-order valence-electron chi connectivity index (χ2n) is 3.85. The van der Waals surface area contributed by atoms with Crippen molar-refractivity contribution in [1.29, 1.82) is 0 Å². The summed E-state index contributed by atoms with van der Waals surface area (Å²) in [6, 6.07) is 5.62. The Morgan fingerprint density at radius 1 is 1.35 bits per heavy atom. The molecule has 17 heavy (non-hydrogen) atoms. The summed E-state index contributed by atoms with van der Waals surface area (Å²) in [5.41, 5.74) is 1.77. The van der Waals surface area contributed by atoms with Gasteiger partial charge in [0.05, 0.1) is 12.9 Å². The molecule has 0 radical (unpaired) electrons. The minimum absolute atomic E-state index is 0.0320. The second kappa shape index (κ2) is 6.02. The Balaban J connectivity index is 3.06. The molecule has 0 unspecified atom stereocenters. The van der Waals surface area contributed by atoms with Crippen LogP contribution in [0.2, 0.25) is 0 Å². The Bertz CT molecular complexity index is 469. The number of rotatable bonds is 6. The molecule has 4 nitrogen and oxygen atoms in total. The zero-order valence-corrected chi connectivity index (χ0v) is 11.3. The standard InChI is InChI=1S/C12H19NO3S/c1-4-17(14,15)9-11-7-10(8-13-2)5-6-12(11)16-3/h5-7,13H,4,8-9H2,1-3H3. The monoisotopic (exact) mass is 257 g/mol. The summed E-state index contributed by atoms with van der Waals surface area (Å²) in [7, 11) is 0.367. The summed E-state index contributed by atoms with van der Waals surface area (Å²) in [6.07, 6.45) is 0. The van der Waals surface area contributed by atoms with Gasteiger partial charge in [-0.25, -0.2) is 8.42 Å². The van der Waals surface area contributed by atoms with E-state index >= 15 is 0 Å². The van der Waals surface area contributed by atoms with Crippen LogP contribution in [-0.4, -0.2) is 28.3 Å². The van der Waals surface area contributed by atoms with Gasteiger partial charge in [0, 0.05) is 17.9 Å². The molecule has 1 rings (SSSR count). The van der Waals surface area contributed by atoms with Gasteiger partial charge in [-0.3, -0.25) is 0 Å². The van der Waals surface area contributed by atoms with Crippen molar-refractivity contribution in [1.82, 2.24) is 5.32 Å². The van der Waals surface area contributed by atoms with Crippen molar-refractivity contribution < 1.29 is 13.2 Å². The van der Waals surface area contributed by atoms with Crippen LogP contribution >= 0.6 is 0 Å². The van der Waals surface area contributed by atoms with Gasteiger partial charge >= 0.3 is 0 Å². The van der Waals surface area contributed by atoms with Crippen molar-refractivity contribution in [2.75, 3.05) is 19.9 Å². The minimum atomic E-state index is -3.04. The van der Waals surface area contributed by atoms with E-state index in [9.17, 15) is 8.42 Å². The Hall–Kier alpha value is -1.07. The molecule has 1 N–H and O–H groups in total. The van der Waals surface area contributed by atoms with E-state index in [1.54, 1.807) is 14.0 Å². The van der Waals surface area contributed by atoms with E-state index in [0.29, 0.717) is 12.3 Å². The molecule has 5 heteroatoms. The predicted octanol–water partition coefficient (Wildman–Crippen LogP) is 1.35. The van der Waals surface area contributed by atoms with Gasteiger partial charge in [0.15, 0.2) is 9.84 Å². The normalized spacial score (nSPS) is 11.5. The van der Waals surface area contributed by atoms with Crippen LogP contribution in [0.25, 0.3) is 0 Å². The third-order valence-corrected chi connectivity index (χ3v) is 4.17. The van der Waals surface area contributed by atoms with Crippen molar-refractivity contribution >= 4 is 9.84 Å². The predicted molar refractivity (Wildman–Crippen MR) is 68.9 cm³/mol. The van der Waals surface area contributed by atoms with E-state index in [1.807, 2.05) is 25.2 Å². The molecule has 0 aromatic heterocycles. The molecule has 0 atom stereocenters. The van der Waals surface area contributed by atoms with Crippen molar-refractivity contribution in [3.05, 3.63) is 29.3 Å². The van der Waals surface area contributed by atoms with Crippen LogP contribution < -0.4 is 10.1 Å². The highest BCUT2D eigenvalue weighted by molar-refractivity contribution is 7.90. The quantitative estimate of drug-likeness (QED) is 0.836. The van der Waals surface area contributed by atoms with Crippen LogP contribution in [0.5, 0.6) is 5.75 Å². The van der Waals surface area contributed by atoms with Crippen LogP contribution in [0.4, 0.5) is 0 Å². The minimum Gasteiger partial charge on any atom is -0.496 e. The van der Waals surface area contributed by atoms with Crippen LogP contribution in [0, 0.1) is 0 Å². The third kappa shape index (κ3) is 4.02. The first kappa shape index (κ1) is 14.0. The van der Waals surface area contributed by atoms with Gasteiger partial charge < -0.3 is 10.1 Å². The van der Waals surface area contributed by atoms with Gasteiger partial charge in [-0.1, -0.05) is 13.0 Å². The summed E-state index contributed by atoms with van der Waals surface area (Å²) in [4.78, 5) is 0. The molecule has 96 valence electrons. The topological polar surface area (TPSA) is 55.4 Å². The Kier molecular flexibility index (Phi) is 4.96. The van der Waals surface area contributed by atoms with Crippen LogP contribution in [0.15, 0.2) is 18.2 Å². The number of hydrogen-bond donors (Lipinski definition) is 1. The SMILES string of the molecule is CCS(=O)(=O)Cc1cc(CNC)ccc1OC. The smallest absolute Gasteiger partial charge is 0.154 e. The first-order valence-electron chi connectivity index (χ1n) is 5.53. The molecule has 0 bridgehead atoms. The summed E-state index contributed by atoms with van der Waals surface area (Å²) in [5.74, 6) is 0.804. The molecule has 1 aromatic carbocycles. The van der Waals surface area contributed by atoms with Gasteiger partial charge in [-0.05, 0) is 24.7 Å². The average molecular weight is 257 g/mol. The molecule has 0 aliphatic carbocycles. The Morgan fingerprint density at radius 3 is 2.59 bits per heavy atom. The zero-order valence-electron chi connectivity index (χ0n) is 10.5. The Labute approximate surface area is 103 Å². The molecular weight excluding hydrogens is 238 g/mol. The van der Waals surface area contributed by atoms with Crippen LogP contribution in [0.3, 0.4) is 0 Å². The molecule has 0 aliphatic heterocycles. The third-order valence-electron chi connectivity index (χ3n) is 2.54. The fourth-order valence-corrected chi connectivity index (χ4v) is 2.50. The lowest BCUT2D eigenvalue weighted by atomic mass is 10.1. The van der Waals surface area contributed by atoms with E-state index in [2.05, 4.69) is 5.32 Å². The van der Waals surface area contributed by atoms with E-state index in [4.69, 9.17) is 4.74 Å². The van der Waals surface area contributed by atoms with Crippen LogP contribution in [0.1, 0.15) is 18.1 Å². The van der Waals surface area contributed by atoms with Gasteiger partial charge in [-0.2, -0.15) is 0 Å². The molecule has 0 saturated heterocycles. The van der Waals surface area contributed by atoms with Crippen molar-refractivity contribution in [3.63, 3.8) is 0 Å². The summed E-state index contributed by atoms with van der Waals surface area (Å²) >= 11 is 0. The van der Waals surface area contributed by atoms with Crippen molar-refractivity contribution in [2.24, 2.45) is 0 Å². The highest BCUT2D eigenvalue weighted by Crippen LogP contribution is 2.22. The molecule has 0 fully saturated rings. The lowest BCUT2D eigenvalue weighted by Gasteiger charge is -2.10. The Morgan fingerprint density at radius 2 is 2.06 bits per heavy atom. The molecule has 0 aliphatic rings. The summed E-state index contributed by atoms with van der Waals surface area (Å²) < 4.78 is 28.5. The fourth-order valence-electron chi connectivity index (χ4n) is 1.60. The van der Waals surface area contributed by atoms with E-state index in [-0.39, 0.29) is 11.5 Å². The van der Waals surface area contributed by atoms with Gasteiger partial charge in [0.25, 0.3) is 0 Å². The molecule has 0 heterocycles. The number of ether oxygens (including phenoxy) is 1. The lowest BCUT2D eigenvalue weighted by molar-refractivity contribution is 0.410. The number of nitrogens with one attached hydrogen (secondary N) is 1. The lowest BCUT2D eigenvalue weighted by Crippen LogP contribution is -2.10. The number of methoxy groups -OCH3 is 1. The fraction of sp³-hybridized carbons (Fsp3) is 0.500.